The van der Waals surface area contributed by atoms with E-state index in [2.05, 4.69) is 4.98 Å². The number of aromatic nitrogens is 1. The van der Waals surface area contributed by atoms with Gasteiger partial charge in [0.05, 0.1) is 11.6 Å². The number of nitrogens with zero attached hydrogens (tertiary/aromatic N) is 2. The summed E-state index contributed by atoms with van der Waals surface area (Å²) in [7, 11) is -4.27. The molecule has 5 nitrogen and oxygen atoms in total. The van der Waals surface area contributed by atoms with E-state index in [1.807, 2.05) is 10.8 Å². The molecule has 0 radical (unpaired) electrons. The first kappa shape index (κ1) is 14.9. The molecule has 0 atom stereocenters. The maximum Gasteiger partial charge on any atom is 0.265 e. The number of rotatable bonds is 3. The Labute approximate surface area is 119 Å². The minimum Gasteiger partial charge on any atom is -0.263 e. The lowest BCUT2D eigenvalue weighted by Crippen LogP contribution is -2.16. The van der Waals surface area contributed by atoms with Crippen molar-refractivity contribution in [3.05, 3.63) is 53.2 Å². The van der Waals surface area contributed by atoms with Gasteiger partial charge >= 0.3 is 0 Å². The van der Waals surface area contributed by atoms with Crippen LogP contribution in [0, 0.1) is 29.9 Å². The number of hydrogen-bond acceptors (Lipinski definition) is 4. The summed E-state index contributed by atoms with van der Waals surface area (Å²) in [5.74, 6) is -2.17. The molecule has 0 bridgehead atoms. The standard InChI is InChI=1S/C13H9F2N3O2S/c1-8-4-12(11(15)6-10(8)14)21(19,20)18-13-5-9(7-16)2-3-17-13/h2-6H,1H3,(H,17,18). The van der Waals surface area contributed by atoms with Crippen LogP contribution in [-0.2, 0) is 10.0 Å². The molecule has 0 saturated heterocycles. The van der Waals surface area contributed by atoms with Crippen molar-refractivity contribution in [3.8, 4) is 6.07 Å². The highest BCUT2D eigenvalue weighted by molar-refractivity contribution is 7.92. The van der Waals surface area contributed by atoms with Crippen LogP contribution in [0.2, 0.25) is 0 Å². The second kappa shape index (κ2) is 5.46. The highest BCUT2D eigenvalue weighted by Crippen LogP contribution is 2.21. The van der Waals surface area contributed by atoms with E-state index >= 15 is 0 Å². The lowest BCUT2D eigenvalue weighted by Gasteiger charge is -2.09. The topological polar surface area (TPSA) is 82.9 Å². The van der Waals surface area contributed by atoms with Gasteiger partial charge in [-0.2, -0.15) is 5.26 Å². The van der Waals surface area contributed by atoms with Gasteiger partial charge in [-0.25, -0.2) is 22.2 Å². The molecule has 0 aliphatic carbocycles. The fourth-order valence-electron chi connectivity index (χ4n) is 1.59. The number of halogens is 2. The molecule has 0 amide bonds. The Morgan fingerprint density at radius 1 is 1.24 bits per heavy atom. The number of nitriles is 1. The largest absolute Gasteiger partial charge is 0.265 e. The Morgan fingerprint density at radius 2 is 1.95 bits per heavy atom. The molecule has 0 aliphatic heterocycles. The number of nitrogens with one attached hydrogen (secondary N) is 1. The lowest BCUT2D eigenvalue weighted by atomic mass is 10.2. The molecule has 1 heterocycles. The first-order chi connectivity index (χ1) is 9.83. The molecule has 108 valence electrons. The van der Waals surface area contributed by atoms with Crippen LogP contribution < -0.4 is 4.72 Å². The van der Waals surface area contributed by atoms with Crippen molar-refractivity contribution in [1.82, 2.24) is 4.98 Å². The van der Waals surface area contributed by atoms with Crippen LogP contribution >= 0.6 is 0 Å². The predicted molar refractivity (Wildman–Crippen MR) is 70.9 cm³/mol. The second-order valence-corrected chi connectivity index (χ2v) is 5.83. The smallest absolute Gasteiger partial charge is 0.263 e. The fraction of sp³-hybridized carbons (Fsp3) is 0.0769. The zero-order valence-electron chi connectivity index (χ0n) is 10.8. The fourth-order valence-corrected chi connectivity index (χ4v) is 2.73. The lowest BCUT2D eigenvalue weighted by molar-refractivity contribution is 0.547. The zero-order valence-corrected chi connectivity index (χ0v) is 11.6. The van der Waals surface area contributed by atoms with Crippen molar-refractivity contribution in [2.24, 2.45) is 0 Å². The van der Waals surface area contributed by atoms with E-state index in [4.69, 9.17) is 5.26 Å². The summed E-state index contributed by atoms with van der Waals surface area (Å²) in [6.45, 7) is 1.32. The summed E-state index contributed by atoms with van der Waals surface area (Å²) >= 11 is 0. The quantitative estimate of drug-likeness (QED) is 0.943. The van der Waals surface area contributed by atoms with Crippen molar-refractivity contribution >= 4 is 15.8 Å². The van der Waals surface area contributed by atoms with Crippen LogP contribution in [0.25, 0.3) is 0 Å². The molecule has 0 fully saturated rings. The van der Waals surface area contributed by atoms with E-state index in [9.17, 15) is 17.2 Å². The SMILES string of the molecule is Cc1cc(S(=O)(=O)Nc2cc(C#N)ccn2)c(F)cc1F. The first-order valence-corrected chi connectivity index (χ1v) is 7.16. The van der Waals surface area contributed by atoms with Crippen LogP contribution in [0.5, 0.6) is 0 Å². The van der Waals surface area contributed by atoms with Crippen LogP contribution in [0.1, 0.15) is 11.1 Å². The summed E-state index contributed by atoms with van der Waals surface area (Å²) in [6.07, 6.45) is 1.24. The molecule has 1 aromatic carbocycles. The third-order valence-electron chi connectivity index (χ3n) is 2.63. The van der Waals surface area contributed by atoms with E-state index in [1.54, 1.807) is 0 Å². The molecule has 0 unspecified atom stereocenters. The third-order valence-corrected chi connectivity index (χ3v) is 4.00. The third kappa shape index (κ3) is 3.14. The maximum atomic E-state index is 13.6. The molecule has 0 saturated carbocycles. The molecular formula is C13H9F2N3O2S. The van der Waals surface area contributed by atoms with Gasteiger partial charge in [-0.3, -0.25) is 4.72 Å². The van der Waals surface area contributed by atoms with Crippen molar-refractivity contribution in [1.29, 1.82) is 5.26 Å². The Morgan fingerprint density at radius 3 is 2.62 bits per heavy atom. The highest BCUT2D eigenvalue weighted by atomic mass is 32.2. The van der Waals surface area contributed by atoms with Gasteiger partial charge < -0.3 is 0 Å². The van der Waals surface area contributed by atoms with E-state index in [0.717, 1.165) is 6.07 Å². The van der Waals surface area contributed by atoms with Gasteiger partial charge in [0.15, 0.2) is 0 Å². The maximum absolute atomic E-state index is 13.6. The summed E-state index contributed by atoms with van der Waals surface area (Å²) in [5.41, 5.74) is 0.189. The van der Waals surface area contributed by atoms with E-state index < -0.39 is 26.6 Å². The Balaban J connectivity index is 2.43. The van der Waals surface area contributed by atoms with Crippen molar-refractivity contribution in [2.75, 3.05) is 4.72 Å². The number of pyridine rings is 1. The molecule has 2 aromatic rings. The van der Waals surface area contributed by atoms with Crippen molar-refractivity contribution in [2.45, 2.75) is 11.8 Å². The molecular weight excluding hydrogens is 300 g/mol. The van der Waals surface area contributed by atoms with Crippen LogP contribution in [0.3, 0.4) is 0 Å². The first-order valence-electron chi connectivity index (χ1n) is 5.68. The average Bonchev–Trinajstić information content (AvgIpc) is 2.42. The molecule has 2 rings (SSSR count). The summed E-state index contributed by atoms with van der Waals surface area (Å²) in [5, 5.41) is 8.73. The molecule has 1 aromatic heterocycles. The van der Waals surface area contributed by atoms with Crippen molar-refractivity contribution in [3.63, 3.8) is 0 Å². The van der Waals surface area contributed by atoms with E-state index in [0.29, 0.717) is 6.07 Å². The normalized spacial score (nSPS) is 11.0. The number of aryl methyl sites for hydroxylation is 1. The molecule has 8 heteroatoms. The van der Waals surface area contributed by atoms with Gasteiger partial charge in [0.25, 0.3) is 10.0 Å². The van der Waals surface area contributed by atoms with E-state index in [1.165, 1.54) is 25.3 Å². The Hall–Kier alpha value is -2.53. The Kier molecular flexibility index (Phi) is 3.86. The van der Waals surface area contributed by atoms with Gasteiger partial charge in [-0.05, 0) is 30.7 Å². The number of sulfonamides is 1. The van der Waals surface area contributed by atoms with Crippen molar-refractivity contribution < 1.29 is 17.2 Å². The number of benzene rings is 1. The minimum atomic E-state index is -4.27. The number of hydrogen-bond donors (Lipinski definition) is 1. The van der Waals surface area contributed by atoms with Crippen LogP contribution in [0.4, 0.5) is 14.6 Å². The van der Waals surface area contributed by atoms with E-state index in [-0.39, 0.29) is 16.9 Å². The monoisotopic (exact) mass is 309 g/mol. The molecule has 21 heavy (non-hydrogen) atoms. The molecule has 0 spiro atoms. The zero-order chi connectivity index (χ0) is 15.6. The second-order valence-electron chi connectivity index (χ2n) is 4.18. The summed E-state index contributed by atoms with van der Waals surface area (Å²) in [6, 6.07) is 5.80. The highest BCUT2D eigenvalue weighted by Gasteiger charge is 2.21. The van der Waals surface area contributed by atoms with Gasteiger partial charge in [0.2, 0.25) is 0 Å². The van der Waals surface area contributed by atoms with Gasteiger partial charge in [0.1, 0.15) is 22.3 Å². The minimum absolute atomic E-state index is 0.00416. The molecule has 0 aliphatic rings. The van der Waals surface area contributed by atoms with Crippen LogP contribution in [-0.4, -0.2) is 13.4 Å². The summed E-state index contributed by atoms with van der Waals surface area (Å²) < 4.78 is 53.0. The Bertz CT molecular complexity index is 845. The van der Waals surface area contributed by atoms with Gasteiger partial charge in [-0.15, -0.1) is 0 Å². The van der Waals surface area contributed by atoms with Gasteiger partial charge in [-0.1, -0.05) is 0 Å². The average molecular weight is 309 g/mol. The predicted octanol–water partition coefficient (Wildman–Crippen LogP) is 2.34. The summed E-state index contributed by atoms with van der Waals surface area (Å²) in [4.78, 5) is 3.04. The number of anilines is 1. The van der Waals surface area contributed by atoms with Gasteiger partial charge in [0, 0.05) is 12.3 Å². The molecule has 1 N–H and O–H groups in total. The van der Waals surface area contributed by atoms with Crippen LogP contribution in [0.15, 0.2) is 35.4 Å².